The maximum absolute atomic E-state index is 6.11. The summed E-state index contributed by atoms with van der Waals surface area (Å²) in [5, 5.41) is 0. The molecule has 0 spiro atoms. The highest BCUT2D eigenvalue weighted by Crippen LogP contribution is 2.37. The molecule has 1 aromatic heterocycles. The standard InChI is InChI=1S/C18H22BNO3/c1-17(2)18(3,4)23-19(22-17)15-10-11-20-12-16(15)21-13-14-8-6-5-7-9-14/h5-12H,13H2,1-4H3. The molecule has 0 amide bonds. The minimum Gasteiger partial charge on any atom is -0.488 e. The van der Waals surface area contributed by atoms with Crippen molar-refractivity contribution in [2.24, 2.45) is 0 Å². The highest BCUT2D eigenvalue weighted by molar-refractivity contribution is 6.63. The monoisotopic (exact) mass is 311 g/mol. The molecule has 0 atom stereocenters. The number of aromatic nitrogens is 1. The minimum absolute atomic E-state index is 0.377. The van der Waals surface area contributed by atoms with Crippen LogP contribution < -0.4 is 10.2 Å². The first kappa shape index (κ1) is 16.0. The number of hydrogen-bond donors (Lipinski definition) is 0. The molecule has 2 aromatic rings. The van der Waals surface area contributed by atoms with Gasteiger partial charge >= 0.3 is 7.12 Å². The molecule has 1 aliphatic heterocycles. The lowest BCUT2D eigenvalue weighted by molar-refractivity contribution is 0.00578. The Kier molecular flexibility index (Phi) is 4.17. The van der Waals surface area contributed by atoms with Crippen LogP contribution in [0.1, 0.15) is 33.3 Å². The molecule has 4 nitrogen and oxygen atoms in total. The van der Waals surface area contributed by atoms with Gasteiger partial charge in [0.25, 0.3) is 0 Å². The van der Waals surface area contributed by atoms with Crippen LogP contribution in [0, 0.1) is 0 Å². The van der Waals surface area contributed by atoms with Crippen molar-refractivity contribution in [1.82, 2.24) is 4.98 Å². The van der Waals surface area contributed by atoms with E-state index < -0.39 is 7.12 Å². The summed E-state index contributed by atoms with van der Waals surface area (Å²) in [6.07, 6.45) is 3.44. The molecule has 1 saturated heterocycles. The van der Waals surface area contributed by atoms with Gasteiger partial charge < -0.3 is 14.0 Å². The Balaban J connectivity index is 1.79. The largest absolute Gasteiger partial charge is 0.498 e. The van der Waals surface area contributed by atoms with Crippen molar-refractivity contribution >= 4 is 12.6 Å². The Morgan fingerprint density at radius 1 is 1.00 bits per heavy atom. The van der Waals surface area contributed by atoms with E-state index in [1.165, 1.54) is 0 Å². The summed E-state index contributed by atoms with van der Waals surface area (Å²) in [7, 11) is -0.450. The fourth-order valence-corrected chi connectivity index (χ4v) is 2.41. The number of hydrogen-bond acceptors (Lipinski definition) is 4. The highest BCUT2D eigenvalue weighted by atomic mass is 16.7. The normalized spacial score (nSPS) is 18.9. The van der Waals surface area contributed by atoms with Crippen molar-refractivity contribution < 1.29 is 14.0 Å². The van der Waals surface area contributed by atoms with Gasteiger partial charge in [-0.05, 0) is 39.3 Å². The van der Waals surface area contributed by atoms with Crippen LogP contribution in [0.25, 0.3) is 0 Å². The number of rotatable bonds is 4. The molecule has 2 heterocycles. The SMILES string of the molecule is CC1(C)OB(c2ccncc2OCc2ccccc2)OC1(C)C. The van der Waals surface area contributed by atoms with Crippen LogP contribution in [-0.2, 0) is 15.9 Å². The van der Waals surface area contributed by atoms with E-state index in [1.807, 2.05) is 64.1 Å². The molecule has 0 saturated carbocycles. The average molecular weight is 311 g/mol. The van der Waals surface area contributed by atoms with Crippen LogP contribution in [0.5, 0.6) is 5.75 Å². The van der Waals surface area contributed by atoms with Gasteiger partial charge in [-0.1, -0.05) is 30.3 Å². The molecule has 1 fully saturated rings. The molecule has 120 valence electrons. The molecular weight excluding hydrogens is 289 g/mol. The minimum atomic E-state index is -0.450. The summed E-state index contributed by atoms with van der Waals surface area (Å²) in [6.45, 7) is 8.65. The summed E-state index contributed by atoms with van der Waals surface area (Å²) in [5.41, 5.74) is 1.22. The van der Waals surface area contributed by atoms with Crippen molar-refractivity contribution in [3.8, 4) is 5.75 Å². The lowest BCUT2D eigenvalue weighted by Crippen LogP contribution is -2.41. The Morgan fingerprint density at radius 3 is 2.30 bits per heavy atom. The van der Waals surface area contributed by atoms with Crippen LogP contribution >= 0.6 is 0 Å². The Labute approximate surface area is 137 Å². The Morgan fingerprint density at radius 2 is 1.65 bits per heavy atom. The van der Waals surface area contributed by atoms with Crippen molar-refractivity contribution in [3.05, 3.63) is 54.4 Å². The summed E-state index contributed by atoms with van der Waals surface area (Å²) in [4.78, 5) is 4.17. The number of ether oxygens (including phenoxy) is 1. The zero-order chi connectivity index (χ0) is 16.5. The zero-order valence-corrected chi connectivity index (χ0v) is 14.1. The van der Waals surface area contributed by atoms with E-state index in [2.05, 4.69) is 4.98 Å². The summed E-state index contributed by atoms with van der Waals surface area (Å²) in [5.74, 6) is 0.690. The van der Waals surface area contributed by atoms with Crippen molar-refractivity contribution in [2.45, 2.75) is 45.5 Å². The van der Waals surface area contributed by atoms with Crippen LogP contribution in [0.3, 0.4) is 0 Å². The van der Waals surface area contributed by atoms with Crippen molar-refractivity contribution in [1.29, 1.82) is 0 Å². The quantitative estimate of drug-likeness (QED) is 0.814. The van der Waals surface area contributed by atoms with E-state index in [0.29, 0.717) is 12.4 Å². The summed E-state index contributed by atoms with van der Waals surface area (Å²) < 4.78 is 18.2. The molecule has 1 aromatic carbocycles. The first-order chi connectivity index (χ1) is 10.9. The van der Waals surface area contributed by atoms with Gasteiger partial charge in [-0.3, -0.25) is 4.98 Å². The Bertz CT molecular complexity index is 657. The first-order valence-electron chi connectivity index (χ1n) is 7.85. The second-order valence-electron chi connectivity index (χ2n) is 6.78. The zero-order valence-electron chi connectivity index (χ0n) is 14.1. The molecule has 5 heteroatoms. The number of benzene rings is 1. The molecule has 1 aliphatic rings. The lowest BCUT2D eigenvalue weighted by atomic mass is 9.79. The average Bonchev–Trinajstić information content (AvgIpc) is 2.75. The molecular formula is C18H22BNO3. The molecule has 0 unspecified atom stereocenters. The third kappa shape index (κ3) is 3.26. The van der Waals surface area contributed by atoms with Crippen LogP contribution in [0.2, 0.25) is 0 Å². The van der Waals surface area contributed by atoms with Crippen molar-refractivity contribution in [2.75, 3.05) is 0 Å². The molecule has 23 heavy (non-hydrogen) atoms. The van der Waals surface area contributed by atoms with Gasteiger partial charge in [0.15, 0.2) is 0 Å². The first-order valence-corrected chi connectivity index (χ1v) is 7.85. The third-order valence-electron chi connectivity index (χ3n) is 4.56. The fourth-order valence-electron chi connectivity index (χ4n) is 2.41. The second kappa shape index (κ2) is 5.98. The number of pyridine rings is 1. The Hall–Kier alpha value is -1.85. The van der Waals surface area contributed by atoms with Gasteiger partial charge in [0.2, 0.25) is 0 Å². The van der Waals surface area contributed by atoms with Crippen molar-refractivity contribution in [3.63, 3.8) is 0 Å². The van der Waals surface area contributed by atoms with Gasteiger partial charge in [0.05, 0.1) is 17.4 Å². The number of nitrogens with zero attached hydrogens (tertiary/aromatic N) is 1. The van der Waals surface area contributed by atoms with Gasteiger partial charge in [0.1, 0.15) is 12.4 Å². The van der Waals surface area contributed by atoms with Crippen LogP contribution in [-0.4, -0.2) is 23.3 Å². The van der Waals surface area contributed by atoms with E-state index in [1.54, 1.807) is 12.4 Å². The van der Waals surface area contributed by atoms with Gasteiger partial charge in [-0.2, -0.15) is 0 Å². The summed E-state index contributed by atoms with van der Waals surface area (Å²) >= 11 is 0. The van der Waals surface area contributed by atoms with Gasteiger partial charge in [0, 0.05) is 11.7 Å². The second-order valence-corrected chi connectivity index (χ2v) is 6.78. The van der Waals surface area contributed by atoms with Gasteiger partial charge in [-0.25, -0.2) is 0 Å². The topological polar surface area (TPSA) is 40.6 Å². The molecule has 0 radical (unpaired) electrons. The van der Waals surface area contributed by atoms with E-state index in [0.717, 1.165) is 11.0 Å². The molecule has 0 bridgehead atoms. The maximum atomic E-state index is 6.11. The third-order valence-corrected chi connectivity index (χ3v) is 4.56. The highest BCUT2D eigenvalue weighted by Gasteiger charge is 2.52. The predicted octanol–water partition coefficient (Wildman–Crippen LogP) is 2.96. The molecule has 0 N–H and O–H groups in total. The van der Waals surface area contributed by atoms with E-state index in [9.17, 15) is 0 Å². The van der Waals surface area contributed by atoms with E-state index in [-0.39, 0.29) is 11.2 Å². The van der Waals surface area contributed by atoms with Crippen LogP contribution in [0.15, 0.2) is 48.8 Å². The predicted molar refractivity (Wildman–Crippen MR) is 90.7 cm³/mol. The fraction of sp³-hybridized carbons (Fsp3) is 0.389. The van der Waals surface area contributed by atoms with E-state index in [4.69, 9.17) is 14.0 Å². The maximum Gasteiger partial charge on any atom is 0.498 e. The molecule has 0 aliphatic carbocycles. The summed E-state index contributed by atoms with van der Waals surface area (Å²) in [6, 6.07) is 11.9. The molecule has 3 rings (SSSR count). The van der Waals surface area contributed by atoms with Gasteiger partial charge in [-0.15, -0.1) is 0 Å². The van der Waals surface area contributed by atoms with E-state index >= 15 is 0 Å². The lowest BCUT2D eigenvalue weighted by Gasteiger charge is -2.32. The smallest absolute Gasteiger partial charge is 0.488 e. The van der Waals surface area contributed by atoms with Crippen LogP contribution in [0.4, 0.5) is 0 Å².